The zero-order valence-corrected chi connectivity index (χ0v) is 23.3. The maximum atomic E-state index is 13.0. The van der Waals surface area contributed by atoms with Gasteiger partial charge in [-0.2, -0.15) is 0 Å². The van der Waals surface area contributed by atoms with Crippen LogP contribution in [0.4, 0.5) is 22.0 Å². The number of sulfonamides is 1. The first-order valence-corrected chi connectivity index (χ1v) is 14.0. The van der Waals surface area contributed by atoms with Gasteiger partial charge in [0.25, 0.3) is 0 Å². The van der Waals surface area contributed by atoms with E-state index >= 15 is 0 Å². The molecule has 0 spiro atoms. The second-order valence-corrected chi connectivity index (χ2v) is 10.8. The Kier molecular flexibility index (Phi) is 9.80. The van der Waals surface area contributed by atoms with Crippen LogP contribution in [-0.2, 0) is 26.0 Å². The number of carboxylic acid groups (broad SMARTS) is 1. The molecule has 12 nitrogen and oxygen atoms in total. The number of methoxy groups -OCH3 is 1. The number of carbonyl (C=O) groups excluding carboxylic acids is 2. The lowest BCUT2D eigenvalue weighted by molar-refractivity contribution is -0.137. The minimum absolute atomic E-state index is 0.00323. The quantitative estimate of drug-likeness (QED) is 0.273. The molecule has 40 heavy (non-hydrogen) atoms. The highest BCUT2D eigenvalue weighted by molar-refractivity contribution is 7.88. The van der Waals surface area contributed by atoms with E-state index in [1.165, 1.54) is 37.4 Å². The molecule has 0 saturated heterocycles. The van der Waals surface area contributed by atoms with Gasteiger partial charge in [-0.1, -0.05) is 30.3 Å². The number of nitrogens with one attached hydrogen (secondary N) is 3. The van der Waals surface area contributed by atoms with Crippen molar-refractivity contribution in [3.63, 3.8) is 0 Å². The molecule has 3 aromatic rings. The van der Waals surface area contributed by atoms with Gasteiger partial charge in [0, 0.05) is 18.9 Å². The molecule has 212 valence electrons. The Morgan fingerprint density at radius 3 is 2.35 bits per heavy atom. The molecular formula is C27H31N5O7S. The maximum Gasteiger partial charge on any atom is 0.323 e. The van der Waals surface area contributed by atoms with E-state index in [-0.39, 0.29) is 12.3 Å². The second kappa shape index (κ2) is 13.0. The van der Waals surface area contributed by atoms with Gasteiger partial charge >= 0.3 is 12.0 Å². The lowest BCUT2D eigenvalue weighted by Gasteiger charge is -2.19. The third-order valence-electron chi connectivity index (χ3n) is 5.89. The number of urea groups is 1. The number of para-hydroxylation sites is 1. The molecule has 0 aliphatic carbocycles. The number of aliphatic carboxylic acids is 1. The smallest absolute Gasteiger partial charge is 0.323 e. The number of likely N-dealkylation sites (N-methyl/N-ethyl adjacent to an activating group) is 1. The fraction of sp³-hybridized carbons (Fsp3) is 0.259. The van der Waals surface area contributed by atoms with Crippen molar-refractivity contribution in [2.45, 2.75) is 25.8 Å². The average Bonchev–Trinajstić information content (AvgIpc) is 2.89. The van der Waals surface area contributed by atoms with Gasteiger partial charge < -0.3 is 20.5 Å². The molecule has 1 heterocycles. The molecule has 0 aliphatic rings. The molecule has 0 saturated carbocycles. The minimum Gasteiger partial charge on any atom is -0.495 e. The monoisotopic (exact) mass is 569 g/mol. The summed E-state index contributed by atoms with van der Waals surface area (Å²) in [5, 5.41) is 14.7. The van der Waals surface area contributed by atoms with Crippen LogP contribution in [-0.4, -0.2) is 56.8 Å². The summed E-state index contributed by atoms with van der Waals surface area (Å²) in [4.78, 5) is 42.2. The summed E-state index contributed by atoms with van der Waals surface area (Å²) in [5.74, 6) is -0.809. The number of anilines is 3. The van der Waals surface area contributed by atoms with Gasteiger partial charge in [-0.05, 0) is 47.9 Å². The van der Waals surface area contributed by atoms with Gasteiger partial charge in [-0.25, -0.2) is 22.9 Å². The van der Waals surface area contributed by atoms with Crippen molar-refractivity contribution in [1.82, 2.24) is 9.71 Å². The first kappa shape index (κ1) is 30.1. The van der Waals surface area contributed by atoms with Crippen LogP contribution in [0.1, 0.15) is 29.2 Å². The van der Waals surface area contributed by atoms with E-state index in [0.717, 1.165) is 11.8 Å². The highest BCUT2D eigenvalue weighted by Gasteiger charge is 2.21. The van der Waals surface area contributed by atoms with Crippen molar-refractivity contribution in [2.24, 2.45) is 0 Å². The number of pyridine rings is 1. The van der Waals surface area contributed by atoms with Crippen molar-refractivity contribution in [3.05, 3.63) is 77.5 Å². The first-order valence-electron chi connectivity index (χ1n) is 12.1. The van der Waals surface area contributed by atoms with E-state index in [1.54, 1.807) is 24.3 Å². The average molecular weight is 570 g/mol. The molecule has 13 heteroatoms. The Bertz CT molecular complexity index is 1490. The SMILES string of the molecule is COc1cc(CC(=O)N(C)c2ccc(C(CC(=O)O)NS(C)(=O)=O)cn2)ccc1NC(=O)Nc1ccccc1C. The Hall–Kier alpha value is -4.49. The van der Waals surface area contributed by atoms with E-state index in [9.17, 15) is 22.8 Å². The van der Waals surface area contributed by atoms with E-state index < -0.39 is 34.5 Å². The largest absolute Gasteiger partial charge is 0.495 e. The van der Waals surface area contributed by atoms with E-state index in [1.807, 2.05) is 25.1 Å². The molecule has 1 unspecified atom stereocenters. The molecule has 3 rings (SSSR count). The van der Waals surface area contributed by atoms with E-state index in [4.69, 9.17) is 9.84 Å². The number of hydrogen-bond acceptors (Lipinski definition) is 7. The lowest BCUT2D eigenvalue weighted by atomic mass is 10.1. The third-order valence-corrected chi connectivity index (χ3v) is 6.60. The predicted octanol–water partition coefficient (Wildman–Crippen LogP) is 3.31. The van der Waals surface area contributed by atoms with Crippen LogP contribution in [0, 0.1) is 6.92 Å². The van der Waals surface area contributed by atoms with Crippen molar-refractivity contribution >= 4 is 45.1 Å². The number of carboxylic acids is 1. The van der Waals surface area contributed by atoms with Crippen LogP contribution in [0.25, 0.3) is 0 Å². The number of rotatable bonds is 11. The van der Waals surface area contributed by atoms with Gasteiger partial charge in [-0.3, -0.25) is 14.5 Å². The van der Waals surface area contributed by atoms with Crippen LogP contribution >= 0.6 is 0 Å². The number of hydrogen-bond donors (Lipinski definition) is 4. The molecule has 0 fully saturated rings. The lowest BCUT2D eigenvalue weighted by Crippen LogP contribution is -2.30. The summed E-state index contributed by atoms with van der Waals surface area (Å²) in [7, 11) is -0.670. The molecule has 0 radical (unpaired) electrons. The van der Waals surface area contributed by atoms with E-state index in [0.29, 0.717) is 34.1 Å². The molecule has 1 aromatic heterocycles. The highest BCUT2D eigenvalue weighted by Crippen LogP contribution is 2.27. The van der Waals surface area contributed by atoms with Crippen LogP contribution in [0.5, 0.6) is 5.75 Å². The van der Waals surface area contributed by atoms with Gasteiger partial charge in [0.05, 0.1) is 37.9 Å². The number of aryl methyl sites for hydroxylation is 1. The van der Waals surface area contributed by atoms with Crippen LogP contribution < -0.4 is 25.0 Å². The Morgan fingerprint density at radius 2 is 1.75 bits per heavy atom. The molecule has 1 atom stereocenters. The Morgan fingerprint density at radius 1 is 1.05 bits per heavy atom. The summed E-state index contributed by atoms with van der Waals surface area (Å²) < 4.78 is 31.0. The second-order valence-electron chi connectivity index (χ2n) is 9.05. The summed E-state index contributed by atoms with van der Waals surface area (Å²) in [6.07, 6.45) is 1.80. The summed E-state index contributed by atoms with van der Waals surface area (Å²) in [6.45, 7) is 1.88. The fourth-order valence-electron chi connectivity index (χ4n) is 3.82. The van der Waals surface area contributed by atoms with Crippen LogP contribution in [0.2, 0.25) is 0 Å². The third kappa shape index (κ3) is 8.51. The molecule has 0 bridgehead atoms. The molecule has 2 aromatic carbocycles. The molecule has 0 aliphatic heterocycles. The number of carbonyl (C=O) groups is 3. The van der Waals surface area contributed by atoms with Gasteiger partial charge in [0.15, 0.2) is 0 Å². The van der Waals surface area contributed by atoms with Crippen molar-refractivity contribution in [3.8, 4) is 5.75 Å². The first-order chi connectivity index (χ1) is 18.9. The van der Waals surface area contributed by atoms with Crippen LogP contribution in [0.3, 0.4) is 0 Å². The van der Waals surface area contributed by atoms with Crippen molar-refractivity contribution in [2.75, 3.05) is 35.9 Å². The summed E-state index contributed by atoms with van der Waals surface area (Å²) in [6, 6.07) is 13.9. The number of aromatic nitrogens is 1. The zero-order valence-electron chi connectivity index (χ0n) is 22.5. The molecular weight excluding hydrogens is 538 g/mol. The highest BCUT2D eigenvalue weighted by atomic mass is 32.2. The van der Waals surface area contributed by atoms with Gasteiger partial charge in [0.2, 0.25) is 15.9 Å². The van der Waals surface area contributed by atoms with Crippen molar-refractivity contribution < 1.29 is 32.6 Å². The normalized spacial score (nSPS) is 11.8. The fourth-order valence-corrected chi connectivity index (χ4v) is 4.56. The minimum atomic E-state index is -3.67. The Balaban J connectivity index is 1.67. The number of benzene rings is 2. The number of ether oxygens (including phenoxy) is 1. The Labute approximate surface area is 232 Å². The predicted molar refractivity (Wildman–Crippen MR) is 151 cm³/mol. The van der Waals surface area contributed by atoms with Crippen LogP contribution in [0.15, 0.2) is 60.8 Å². The van der Waals surface area contributed by atoms with E-state index in [2.05, 4.69) is 20.3 Å². The summed E-state index contributed by atoms with van der Waals surface area (Å²) >= 11 is 0. The standard InChI is InChI=1S/C27H31N5O7S/c1-17-7-5-6-8-20(17)29-27(36)30-21-11-9-18(13-23(21)39-3)14-25(33)32(2)24-12-10-19(16-28-24)22(15-26(34)35)31-40(4,37)38/h5-13,16,22,31H,14-15H2,1-4H3,(H,34,35)(H2,29,30,36). The van der Waals surface area contributed by atoms with Crippen molar-refractivity contribution in [1.29, 1.82) is 0 Å². The molecule has 3 amide bonds. The zero-order chi connectivity index (χ0) is 29.4. The number of nitrogens with zero attached hydrogens (tertiary/aromatic N) is 2. The summed E-state index contributed by atoms with van der Waals surface area (Å²) in [5.41, 5.74) is 2.99. The maximum absolute atomic E-state index is 13.0. The molecule has 4 N–H and O–H groups in total. The topological polar surface area (TPSA) is 167 Å². The van der Waals surface area contributed by atoms with Gasteiger partial charge in [0.1, 0.15) is 11.6 Å². The van der Waals surface area contributed by atoms with Gasteiger partial charge in [-0.15, -0.1) is 0 Å². The number of amides is 3.